The first-order chi connectivity index (χ1) is 12.0. The number of hydrogen-bond acceptors (Lipinski definition) is 4. The minimum absolute atomic E-state index is 0.0468. The molecule has 2 rings (SSSR count). The molecule has 1 heterocycles. The molecule has 1 saturated heterocycles. The Morgan fingerprint density at radius 2 is 1.77 bits per heavy atom. The third kappa shape index (κ3) is 5.42. The maximum absolute atomic E-state index is 12.6. The van der Waals surface area contributed by atoms with Gasteiger partial charge in [-0.2, -0.15) is 17.5 Å². The van der Waals surface area contributed by atoms with Gasteiger partial charge in [0.2, 0.25) is 10.0 Å². The summed E-state index contributed by atoms with van der Waals surface area (Å²) in [5.74, 6) is 0. The van der Waals surface area contributed by atoms with Crippen molar-refractivity contribution in [1.82, 2.24) is 9.21 Å². The van der Waals surface area contributed by atoms with Crippen LogP contribution in [-0.4, -0.2) is 61.2 Å². The first kappa shape index (κ1) is 21.1. The highest BCUT2D eigenvalue weighted by Crippen LogP contribution is 2.30. The van der Waals surface area contributed by atoms with Gasteiger partial charge in [0.15, 0.2) is 0 Å². The Hall–Kier alpha value is -1.16. The second kappa shape index (κ2) is 8.24. The summed E-state index contributed by atoms with van der Waals surface area (Å²) >= 11 is 0. The van der Waals surface area contributed by atoms with Crippen molar-refractivity contribution in [1.29, 1.82) is 0 Å². The summed E-state index contributed by atoms with van der Waals surface area (Å²) in [6, 6.07) is 4.48. The quantitative estimate of drug-likeness (QED) is 0.805. The van der Waals surface area contributed by atoms with E-state index in [1.807, 2.05) is 11.8 Å². The highest BCUT2D eigenvalue weighted by Gasteiger charge is 2.31. The molecule has 1 N–H and O–H groups in total. The summed E-state index contributed by atoms with van der Waals surface area (Å²) in [6.07, 6.45) is -2.74. The Morgan fingerprint density at radius 1 is 1.23 bits per heavy atom. The molecule has 0 aliphatic carbocycles. The number of halogens is 3. The van der Waals surface area contributed by atoms with Crippen LogP contribution < -0.4 is 0 Å². The maximum atomic E-state index is 12.6. The monoisotopic (exact) mass is 394 g/mol. The van der Waals surface area contributed by atoms with Crippen LogP contribution in [0.5, 0.6) is 0 Å². The molecule has 0 saturated carbocycles. The Kier molecular flexibility index (Phi) is 6.70. The minimum atomic E-state index is -4.39. The van der Waals surface area contributed by atoms with Crippen LogP contribution in [0.2, 0.25) is 0 Å². The molecule has 1 aromatic carbocycles. The van der Waals surface area contributed by atoms with Crippen molar-refractivity contribution in [2.75, 3.05) is 32.4 Å². The average molecular weight is 394 g/mol. The molecule has 1 unspecified atom stereocenters. The lowest BCUT2D eigenvalue weighted by molar-refractivity contribution is -0.137. The lowest BCUT2D eigenvalue weighted by Gasteiger charge is -2.37. The van der Waals surface area contributed by atoms with Gasteiger partial charge in [-0.05, 0) is 43.6 Å². The number of aliphatic hydroxyl groups is 1. The van der Waals surface area contributed by atoms with Crippen molar-refractivity contribution in [2.45, 2.75) is 38.1 Å². The molecular weight excluding hydrogens is 369 g/mol. The van der Waals surface area contributed by atoms with Crippen molar-refractivity contribution in [3.05, 3.63) is 35.4 Å². The molecule has 5 nitrogen and oxygen atoms in total. The van der Waals surface area contributed by atoms with Gasteiger partial charge in [-0.3, -0.25) is 0 Å². The van der Waals surface area contributed by atoms with Gasteiger partial charge < -0.3 is 10.0 Å². The zero-order valence-electron chi connectivity index (χ0n) is 14.9. The van der Waals surface area contributed by atoms with Gasteiger partial charge in [-0.25, -0.2) is 8.42 Å². The molecule has 1 fully saturated rings. The molecule has 1 aromatic rings. The molecule has 0 bridgehead atoms. The number of hydrogen-bond donors (Lipinski definition) is 1. The van der Waals surface area contributed by atoms with Gasteiger partial charge >= 0.3 is 6.18 Å². The van der Waals surface area contributed by atoms with Crippen molar-refractivity contribution in [3.63, 3.8) is 0 Å². The number of alkyl halides is 3. The smallest absolute Gasteiger partial charge is 0.387 e. The fraction of sp³-hybridized carbons (Fsp3) is 0.647. The number of benzene rings is 1. The van der Waals surface area contributed by atoms with Crippen LogP contribution in [0.3, 0.4) is 0 Å². The van der Waals surface area contributed by atoms with E-state index in [0.29, 0.717) is 44.6 Å². The van der Waals surface area contributed by atoms with Crippen molar-refractivity contribution < 1.29 is 26.7 Å². The number of rotatable bonds is 6. The molecule has 0 amide bonds. The van der Waals surface area contributed by atoms with Crippen LogP contribution >= 0.6 is 0 Å². The molecule has 0 radical (unpaired) electrons. The van der Waals surface area contributed by atoms with E-state index in [1.54, 1.807) is 0 Å². The van der Waals surface area contributed by atoms with E-state index in [4.69, 9.17) is 0 Å². The molecule has 0 spiro atoms. The Labute approximate surface area is 152 Å². The summed E-state index contributed by atoms with van der Waals surface area (Å²) in [5.41, 5.74) is -0.304. The van der Waals surface area contributed by atoms with Crippen LogP contribution in [0.25, 0.3) is 0 Å². The van der Waals surface area contributed by atoms with Crippen molar-refractivity contribution >= 4 is 10.0 Å². The van der Waals surface area contributed by atoms with Gasteiger partial charge in [0.25, 0.3) is 0 Å². The molecule has 26 heavy (non-hydrogen) atoms. The third-order valence-electron chi connectivity index (χ3n) is 4.76. The number of piperidine rings is 1. The van der Waals surface area contributed by atoms with Gasteiger partial charge in [0.05, 0.1) is 17.9 Å². The predicted molar refractivity (Wildman–Crippen MR) is 93.1 cm³/mol. The summed E-state index contributed by atoms with van der Waals surface area (Å²) < 4.78 is 62.9. The number of likely N-dealkylation sites (tertiary alicyclic amines) is 1. The fourth-order valence-electron chi connectivity index (χ4n) is 3.40. The standard InChI is InChI=1S/C17H25F3N2O3S/c1-3-22(26(2,24)25)15-8-10-21(11-9-15)12-16(23)13-4-6-14(7-5-13)17(18,19)20/h4-7,15-16,23H,3,8-12H2,1-2H3. The number of β-amino-alcohol motifs (C(OH)–C–C–N with tert-alkyl or cyclic N) is 1. The van der Waals surface area contributed by atoms with Crippen LogP contribution in [0, 0.1) is 0 Å². The van der Waals surface area contributed by atoms with Gasteiger partial charge in [-0.15, -0.1) is 0 Å². The SMILES string of the molecule is CCN(C1CCN(CC(O)c2ccc(C(F)(F)F)cc2)CC1)S(C)(=O)=O. The predicted octanol–water partition coefficient (Wildman–Crippen LogP) is 2.48. The molecule has 1 aliphatic rings. The number of sulfonamides is 1. The second-order valence-corrected chi connectivity index (χ2v) is 8.57. The maximum Gasteiger partial charge on any atom is 0.416 e. The van der Waals surface area contributed by atoms with Crippen LogP contribution in [0.1, 0.15) is 37.0 Å². The summed E-state index contributed by atoms with van der Waals surface area (Å²) in [5, 5.41) is 10.3. The molecule has 9 heteroatoms. The number of aliphatic hydroxyl groups excluding tert-OH is 1. The van der Waals surface area contributed by atoms with E-state index in [9.17, 15) is 26.7 Å². The highest BCUT2D eigenvalue weighted by molar-refractivity contribution is 7.88. The Morgan fingerprint density at radius 3 is 2.19 bits per heavy atom. The summed E-state index contributed by atoms with van der Waals surface area (Å²) in [6.45, 7) is 3.81. The summed E-state index contributed by atoms with van der Waals surface area (Å²) in [4.78, 5) is 2.01. The Balaban J connectivity index is 1.91. The van der Waals surface area contributed by atoms with Crippen LogP contribution in [0.15, 0.2) is 24.3 Å². The van der Waals surface area contributed by atoms with Gasteiger partial charge in [0, 0.05) is 19.1 Å². The lowest BCUT2D eigenvalue weighted by atomic mass is 10.0. The highest BCUT2D eigenvalue weighted by atomic mass is 32.2. The molecule has 148 valence electrons. The normalized spacial score (nSPS) is 19.0. The Bertz CT molecular complexity index is 684. The minimum Gasteiger partial charge on any atom is -0.387 e. The van der Waals surface area contributed by atoms with E-state index in [2.05, 4.69) is 0 Å². The van der Waals surface area contributed by atoms with Crippen LogP contribution in [0.4, 0.5) is 13.2 Å². The van der Waals surface area contributed by atoms with E-state index >= 15 is 0 Å². The summed E-state index contributed by atoms with van der Waals surface area (Å²) in [7, 11) is -3.24. The zero-order valence-corrected chi connectivity index (χ0v) is 15.7. The van der Waals surface area contributed by atoms with E-state index in [-0.39, 0.29) is 6.04 Å². The van der Waals surface area contributed by atoms with E-state index in [0.717, 1.165) is 12.1 Å². The molecule has 0 aromatic heterocycles. The van der Waals surface area contributed by atoms with Crippen molar-refractivity contribution in [3.8, 4) is 0 Å². The van der Waals surface area contributed by atoms with Crippen LogP contribution in [-0.2, 0) is 16.2 Å². The topological polar surface area (TPSA) is 60.9 Å². The largest absolute Gasteiger partial charge is 0.416 e. The molecular formula is C17H25F3N2O3S. The molecule has 1 aliphatic heterocycles. The second-order valence-electron chi connectivity index (χ2n) is 6.63. The number of nitrogens with zero attached hydrogens (tertiary/aromatic N) is 2. The first-order valence-electron chi connectivity index (χ1n) is 8.56. The van der Waals surface area contributed by atoms with E-state index < -0.39 is 27.9 Å². The molecule has 1 atom stereocenters. The van der Waals surface area contributed by atoms with Crippen molar-refractivity contribution in [2.24, 2.45) is 0 Å². The zero-order chi connectivity index (χ0) is 19.5. The fourth-order valence-corrected chi connectivity index (χ4v) is 4.62. The van der Waals surface area contributed by atoms with Gasteiger partial charge in [0.1, 0.15) is 0 Å². The average Bonchev–Trinajstić information content (AvgIpc) is 2.55. The first-order valence-corrected chi connectivity index (χ1v) is 10.4. The lowest BCUT2D eigenvalue weighted by Crippen LogP contribution is -2.47. The third-order valence-corrected chi connectivity index (χ3v) is 6.16. The van der Waals surface area contributed by atoms with Gasteiger partial charge in [-0.1, -0.05) is 19.1 Å². The van der Waals surface area contributed by atoms with E-state index in [1.165, 1.54) is 22.7 Å².